The summed E-state index contributed by atoms with van der Waals surface area (Å²) in [5, 5.41) is 9.26. The van der Waals surface area contributed by atoms with Crippen LogP contribution < -0.4 is 0 Å². The molecule has 0 unspecified atom stereocenters. The Hall–Kier alpha value is -1.94. The Morgan fingerprint density at radius 1 is 1.41 bits per heavy atom. The molecular formula is C13H14N2O2. The van der Waals surface area contributed by atoms with Crippen molar-refractivity contribution in [1.82, 2.24) is 9.97 Å². The van der Waals surface area contributed by atoms with Crippen LogP contribution in [0.15, 0.2) is 24.5 Å². The van der Waals surface area contributed by atoms with Crippen LogP contribution in [0.3, 0.4) is 0 Å². The lowest BCUT2D eigenvalue weighted by molar-refractivity contribution is 0.101. The number of nitrogens with zero attached hydrogens (tertiary/aromatic N) is 1. The molecule has 88 valence electrons. The summed E-state index contributed by atoms with van der Waals surface area (Å²) in [6.45, 7) is 3.22. The fourth-order valence-corrected chi connectivity index (χ4v) is 2.06. The van der Waals surface area contributed by atoms with Gasteiger partial charge in [0.15, 0.2) is 5.78 Å². The maximum atomic E-state index is 11.5. The van der Waals surface area contributed by atoms with Crippen molar-refractivity contribution < 1.29 is 9.90 Å². The van der Waals surface area contributed by atoms with Gasteiger partial charge in [0.2, 0.25) is 0 Å². The Bertz CT molecular complexity index is 544. The zero-order valence-electron chi connectivity index (χ0n) is 9.82. The Balaban J connectivity index is 2.61. The number of nitrogens with one attached hydrogen (secondary N) is 1. The van der Waals surface area contributed by atoms with Gasteiger partial charge in [-0.2, -0.15) is 0 Å². The minimum Gasteiger partial charge on any atom is -0.390 e. The zero-order chi connectivity index (χ0) is 12.4. The van der Waals surface area contributed by atoms with Gasteiger partial charge in [-0.1, -0.05) is 0 Å². The van der Waals surface area contributed by atoms with E-state index in [0.29, 0.717) is 11.3 Å². The molecule has 0 aliphatic heterocycles. The lowest BCUT2D eigenvalue weighted by Gasteiger charge is -1.99. The Morgan fingerprint density at radius 2 is 2.06 bits per heavy atom. The highest BCUT2D eigenvalue weighted by Gasteiger charge is 2.17. The van der Waals surface area contributed by atoms with Crippen molar-refractivity contribution in [3.8, 4) is 11.3 Å². The molecule has 2 rings (SSSR count). The Labute approximate surface area is 99.3 Å². The van der Waals surface area contributed by atoms with Gasteiger partial charge < -0.3 is 10.1 Å². The van der Waals surface area contributed by atoms with Crippen LogP contribution in [-0.4, -0.2) is 20.9 Å². The van der Waals surface area contributed by atoms with Gasteiger partial charge in [0.05, 0.1) is 12.3 Å². The maximum absolute atomic E-state index is 11.5. The van der Waals surface area contributed by atoms with Crippen LogP contribution in [0, 0.1) is 6.92 Å². The number of carbonyl (C=O) groups is 1. The molecule has 2 N–H and O–H groups in total. The molecular weight excluding hydrogens is 216 g/mol. The quantitative estimate of drug-likeness (QED) is 0.793. The van der Waals surface area contributed by atoms with Gasteiger partial charge in [-0.05, 0) is 31.5 Å². The van der Waals surface area contributed by atoms with E-state index in [2.05, 4.69) is 9.97 Å². The highest BCUT2D eigenvalue weighted by atomic mass is 16.3. The smallest absolute Gasteiger partial charge is 0.161 e. The first-order valence-electron chi connectivity index (χ1n) is 5.38. The summed E-state index contributed by atoms with van der Waals surface area (Å²) in [6, 6.07) is 3.73. The number of carbonyl (C=O) groups excluding carboxylic acids is 1. The summed E-state index contributed by atoms with van der Waals surface area (Å²) in [4.78, 5) is 18.6. The number of Topliss-reactive ketones (excluding diaryl/α,β-unsaturated/α-hetero) is 1. The van der Waals surface area contributed by atoms with Crippen LogP contribution >= 0.6 is 0 Å². The normalized spacial score (nSPS) is 10.5. The number of rotatable bonds is 3. The van der Waals surface area contributed by atoms with E-state index in [4.69, 9.17) is 0 Å². The molecule has 0 radical (unpaired) electrons. The minimum atomic E-state index is -0.166. The van der Waals surface area contributed by atoms with E-state index < -0.39 is 0 Å². The molecule has 4 nitrogen and oxygen atoms in total. The molecule has 0 aliphatic rings. The number of hydrogen-bond acceptors (Lipinski definition) is 3. The van der Waals surface area contributed by atoms with Gasteiger partial charge in [-0.25, -0.2) is 0 Å². The fraction of sp³-hybridized carbons (Fsp3) is 0.231. The van der Waals surface area contributed by atoms with Crippen molar-refractivity contribution in [2.75, 3.05) is 0 Å². The highest BCUT2D eigenvalue weighted by molar-refractivity contribution is 5.98. The second-order valence-corrected chi connectivity index (χ2v) is 3.93. The molecule has 4 heteroatoms. The highest BCUT2D eigenvalue weighted by Crippen LogP contribution is 2.27. The predicted molar refractivity (Wildman–Crippen MR) is 64.7 cm³/mol. The number of aromatic amines is 1. The van der Waals surface area contributed by atoms with Crippen LogP contribution in [0.25, 0.3) is 11.3 Å². The zero-order valence-corrected chi connectivity index (χ0v) is 9.82. The van der Waals surface area contributed by atoms with Gasteiger partial charge in [-0.3, -0.25) is 9.78 Å². The fourth-order valence-electron chi connectivity index (χ4n) is 2.06. The number of H-pyrrole nitrogens is 1. The number of pyridine rings is 1. The molecule has 0 fully saturated rings. The van der Waals surface area contributed by atoms with E-state index in [1.807, 2.05) is 19.1 Å². The molecule has 0 bridgehead atoms. The monoisotopic (exact) mass is 230 g/mol. The lowest BCUT2D eigenvalue weighted by atomic mass is 10.0. The average Bonchev–Trinajstić information content (AvgIpc) is 2.67. The van der Waals surface area contributed by atoms with Crippen molar-refractivity contribution in [3.05, 3.63) is 41.3 Å². The minimum absolute atomic E-state index is 0.0388. The van der Waals surface area contributed by atoms with Crippen molar-refractivity contribution >= 4 is 5.78 Å². The molecule has 17 heavy (non-hydrogen) atoms. The molecule has 2 heterocycles. The number of aliphatic hydroxyl groups excluding tert-OH is 1. The average molecular weight is 230 g/mol. The van der Waals surface area contributed by atoms with Crippen LogP contribution in [0.4, 0.5) is 0 Å². The van der Waals surface area contributed by atoms with E-state index in [1.165, 1.54) is 6.92 Å². The first-order valence-corrected chi connectivity index (χ1v) is 5.38. The number of ketones is 1. The summed E-state index contributed by atoms with van der Waals surface area (Å²) < 4.78 is 0. The van der Waals surface area contributed by atoms with Gasteiger partial charge in [0.1, 0.15) is 0 Å². The summed E-state index contributed by atoms with van der Waals surface area (Å²) in [5.74, 6) is -0.0388. The summed E-state index contributed by atoms with van der Waals surface area (Å²) in [7, 11) is 0. The number of hydrogen-bond donors (Lipinski definition) is 2. The first kappa shape index (κ1) is 11.5. The standard InChI is InChI=1S/C13H14N2O2/c1-8-12(9(2)17)11(7-16)15-13(8)10-3-5-14-6-4-10/h3-6,15-16H,7H2,1-2H3. The van der Waals surface area contributed by atoms with E-state index in [1.54, 1.807) is 12.4 Å². The summed E-state index contributed by atoms with van der Waals surface area (Å²) >= 11 is 0. The van der Waals surface area contributed by atoms with Gasteiger partial charge in [0.25, 0.3) is 0 Å². The van der Waals surface area contributed by atoms with Crippen LogP contribution in [0.2, 0.25) is 0 Å². The Kier molecular flexibility index (Phi) is 3.06. The van der Waals surface area contributed by atoms with Crippen LogP contribution in [0.1, 0.15) is 28.5 Å². The third-order valence-electron chi connectivity index (χ3n) is 2.81. The molecule has 0 saturated carbocycles. The molecule has 0 amide bonds. The van der Waals surface area contributed by atoms with Crippen molar-refractivity contribution in [3.63, 3.8) is 0 Å². The van der Waals surface area contributed by atoms with Crippen LogP contribution in [-0.2, 0) is 6.61 Å². The van der Waals surface area contributed by atoms with E-state index >= 15 is 0 Å². The lowest BCUT2D eigenvalue weighted by Crippen LogP contribution is -1.98. The Morgan fingerprint density at radius 3 is 2.53 bits per heavy atom. The van der Waals surface area contributed by atoms with Crippen molar-refractivity contribution in [1.29, 1.82) is 0 Å². The number of aliphatic hydroxyl groups is 1. The van der Waals surface area contributed by atoms with E-state index in [0.717, 1.165) is 16.8 Å². The molecule has 0 spiro atoms. The molecule has 0 aliphatic carbocycles. The second-order valence-electron chi connectivity index (χ2n) is 3.93. The maximum Gasteiger partial charge on any atom is 0.161 e. The third kappa shape index (κ3) is 1.99. The van der Waals surface area contributed by atoms with E-state index in [-0.39, 0.29) is 12.4 Å². The molecule has 0 saturated heterocycles. The molecule has 0 atom stereocenters. The van der Waals surface area contributed by atoms with Gasteiger partial charge >= 0.3 is 0 Å². The summed E-state index contributed by atoms with van der Waals surface area (Å²) in [5.41, 5.74) is 3.84. The topological polar surface area (TPSA) is 66.0 Å². The predicted octanol–water partition coefficient (Wildman–Crippen LogP) is 2.08. The third-order valence-corrected chi connectivity index (χ3v) is 2.81. The molecule has 2 aromatic rings. The van der Waals surface area contributed by atoms with Crippen molar-refractivity contribution in [2.24, 2.45) is 0 Å². The SMILES string of the molecule is CC(=O)c1c(CO)[nH]c(-c2ccncc2)c1C. The number of aromatic nitrogens is 2. The largest absolute Gasteiger partial charge is 0.390 e. The molecule has 2 aromatic heterocycles. The first-order chi connectivity index (χ1) is 8.15. The summed E-state index contributed by atoms with van der Waals surface area (Å²) in [6.07, 6.45) is 3.39. The van der Waals surface area contributed by atoms with Gasteiger partial charge in [0, 0.05) is 29.2 Å². The van der Waals surface area contributed by atoms with Crippen LogP contribution in [0.5, 0.6) is 0 Å². The van der Waals surface area contributed by atoms with E-state index in [9.17, 15) is 9.90 Å². The van der Waals surface area contributed by atoms with Crippen molar-refractivity contribution in [2.45, 2.75) is 20.5 Å². The molecule has 0 aromatic carbocycles. The van der Waals surface area contributed by atoms with Gasteiger partial charge in [-0.15, -0.1) is 0 Å². The second kappa shape index (κ2) is 4.51.